The SMILES string of the molecule is CC1CN(Cc2cnn(CC(F)(F)F)c2)CCN1.Cl. The Hall–Kier alpha value is -0.790. The first kappa shape index (κ1) is 16.3. The van der Waals surface area contributed by atoms with E-state index in [-0.39, 0.29) is 12.4 Å². The van der Waals surface area contributed by atoms with Gasteiger partial charge in [0.25, 0.3) is 0 Å². The van der Waals surface area contributed by atoms with Gasteiger partial charge in [-0.05, 0) is 6.92 Å². The van der Waals surface area contributed by atoms with Crippen molar-refractivity contribution in [2.75, 3.05) is 19.6 Å². The molecule has 1 unspecified atom stereocenters. The van der Waals surface area contributed by atoms with Crippen molar-refractivity contribution in [2.45, 2.75) is 32.2 Å². The van der Waals surface area contributed by atoms with Gasteiger partial charge >= 0.3 is 6.18 Å². The van der Waals surface area contributed by atoms with Crippen LogP contribution < -0.4 is 5.32 Å². The number of hydrogen-bond acceptors (Lipinski definition) is 3. The fraction of sp³-hybridized carbons (Fsp3) is 0.727. The molecule has 0 aromatic carbocycles. The number of alkyl halides is 3. The van der Waals surface area contributed by atoms with Crippen molar-refractivity contribution in [3.8, 4) is 0 Å². The smallest absolute Gasteiger partial charge is 0.312 e. The summed E-state index contributed by atoms with van der Waals surface area (Å²) in [6.07, 6.45) is -1.23. The highest BCUT2D eigenvalue weighted by molar-refractivity contribution is 5.85. The second-order valence-electron chi connectivity index (χ2n) is 4.75. The summed E-state index contributed by atoms with van der Waals surface area (Å²) in [7, 11) is 0. The molecule has 0 aliphatic carbocycles. The van der Waals surface area contributed by atoms with Gasteiger partial charge in [0.05, 0.1) is 6.20 Å². The maximum Gasteiger partial charge on any atom is 0.408 e. The molecule has 0 amide bonds. The molecule has 1 N–H and O–H groups in total. The Labute approximate surface area is 116 Å². The summed E-state index contributed by atoms with van der Waals surface area (Å²) in [5, 5.41) is 7.06. The van der Waals surface area contributed by atoms with E-state index < -0.39 is 12.7 Å². The van der Waals surface area contributed by atoms with Crippen molar-refractivity contribution in [3.05, 3.63) is 18.0 Å². The zero-order valence-electron chi connectivity index (χ0n) is 10.7. The summed E-state index contributed by atoms with van der Waals surface area (Å²) in [5.74, 6) is 0. The Bertz CT molecular complexity index is 394. The topological polar surface area (TPSA) is 33.1 Å². The van der Waals surface area contributed by atoms with E-state index in [0.717, 1.165) is 29.9 Å². The summed E-state index contributed by atoms with van der Waals surface area (Å²) in [6.45, 7) is 4.46. The van der Waals surface area contributed by atoms with E-state index in [9.17, 15) is 13.2 Å². The molecule has 1 aromatic rings. The summed E-state index contributed by atoms with van der Waals surface area (Å²) < 4.78 is 37.5. The van der Waals surface area contributed by atoms with Crippen molar-refractivity contribution in [3.63, 3.8) is 0 Å². The van der Waals surface area contributed by atoms with Crippen LogP contribution in [0.1, 0.15) is 12.5 Å². The Morgan fingerprint density at radius 3 is 2.84 bits per heavy atom. The molecule has 1 fully saturated rings. The molecule has 1 atom stereocenters. The van der Waals surface area contributed by atoms with Gasteiger partial charge in [-0.2, -0.15) is 18.3 Å². The van der Waals surface area contributed by atoms with Crippen LogP contribution in [0.2, 0.25) is 0 Å². The van der Waals surface area contributed by atoms with Crippen LogP contribution in [-0.4, -0.2) is 46.5 Å². The maximum atomic E-state index is 12.2. The third-order valence-electron chi connectivity index (χ3n) is 2.89. The molecule has 2 rings (SSSR count). The van der Waals surface area contributed by atoms with Gasteiger partial charge in [0.2, 0.25) is 0 Å². The fourth-order valence-electron chi connectivity index (χ4n) is 2.17. The quantitative estimate of drug-likeness (QED) is 0.921. The lowest BCUT2D eigenvalue weighted by molar-refractivity contribution is -0.142. The summed E-state index contributed by atoms with van der Waals surface area (Å²) in [5.41, 5.74) is 0.827. The lowest BCUT2D eigenvalue weighted by Gasteiger charge is -2.31. The van der Waals surface area contributed by atoms with E-state index in [0.29, 0.717) is 12.6 Å². The first-order chi connectivity index (χ1) is 8.42. The third-order valence-corrected chi connectivity index (χ3v) is 2.89. The molecular weight excluding hydrogens is 281 g/mol. The molecule has 1 aliphatic heterocycles. The Kier molecular flexibility index (Phi) is 5.64. The van der Waals surface area contributed by atoms with Crippen molar-refractivity contribution in [1.29, 1.82) is 0 Å². The molecule has 0 saturated carbocycles. The number of piperazine rings is 1. The Morgan fingerprint density at radius 2 is 2.21 bits per heavy atom. The van der Waals surface area contributed by atoms with Crippen molar-refractivity contribution in [1.82, 2.24) is 20.0 Å². The number of halogens is 4. The van der Waals surface area contributed by atoms with Gasteiger partial charge in [0, 0.05) is 44.0 Å². The largest absolute Gasteiger partial charge is 0.408 e. The average molecular weight is 299 g/mol. The van der Waals surface area contributed by atoms with Crippen molar-refractivity contribution < 1.29 is 13.2 Å². The van der Waals surface area contributed by atoms with E-state index in [1.165, 1.54) is 12.4 Å². The lowest BCUT2D eigenvalue weighted by Crippen LogP contribution is -2.48. The second-order valence-corrected chi connectivity index (χ2v) is 4.75. The summed E-state index contributed by atoms with van der Waals surface area (Å²) in [6, 6.07) is 0.420. The summed E-state index contributed by atoms with van der Waals surface area (Å²) >= 11 is 0. The zero-order chi connectivity index (χ0) is 13.2. The second kappa shape index (κ2) is 6.58. The van der Waals surface area contributed by atoms with E-state index in [2.05, 4.69) is 22.2 Å². The first-order valence-corrected chi connectivity index (χ1v) is 5.96. The van der Waals surface area contributed by atoms with Gasteiger partial charge in [0.15, 0.2) is 0 Å². The monoisotopic (exact) mass is 298 g/mol. The van der Waals surface area contributed by atoms with E-state index in [1.54, 1.807) is 0 Å². The highest BCUT2D eigenvalue weighted by Gasteiger charge is 2.28. The normalized spacial score (nSPS) is 21.2. The maximum absolute atomic E-state index is 12.2. The van der Waals surface area contributed by atoms with Gasteiger partial charge in [-0.15, -0.1) is 12.4 Å². The van der Waals surface area contributed by atoms with Crippen LogP contribution in [0.15, 0.2) is 12.4 Å². The number of hydrogen-bond donors (Lipinski definition) is 1. The summed E-state index contributed by atoms with van der Waals surface area (Å²) in [4.78, 5) is 2.22. The molecule has 2 heterocycles. The predicted molar refractivity (Wildman–Crippen MR) is 68.3 cm³/mol. The minimum Gasteiger partial charge on any atom is -0.312 e. The molecule has 8 heteroatoms. The number of aromatic nitrogens is 2. The van der Waals surface area contributed by atoms with Crippen molar-refractivity contribution in [2.24, 2.45) is 0 Å². The number of nitrogens with one attached hydrogen (secondary N) is 1. The Morgan fingerprint density at radius 1 is 1.47 bits per heavy atom. The van der Waals surface area contributed by atoms with Crippen LogP contribution in [0.4, 0.5) is 13.2 Å². The first-order valence-electron chi connectivity index (χ1n) is 5.96. The van der Waals surface area contributed by atoms with Gasteiger partial charge in [-0.1, -0.05) is 0 Å². The molecule has 19 heavy (non-hydrogen) atoms. The molecular formula is C11H18ClF3N4. The van der Waals surface area contributed by atoms with E-state index in [4.69, 9.17) is 0 Å². The van der Waals surface area contributed by atoms with Gasteiger partial charge in [-0.3, -0.25) is 9.58 Å². The van der Waals surface area contributed by atoms with Crippen LogP contribution in [0, 0.1) is 0 Å². The molecule has 4 nitrogen and oxygen atoms in total. The molecule has 0 spiro atoms. The molecule has 1 aromatic heterocycles. The molecule has 1 saturated heterocycles. The van der Waals surface area contributed by atoms with E-state index >= 15 is 0 Å². The lowest BCUT2D eigenvalue weighted by atomic mass is 10.2. The molecule has 0 radical (unpaired) electrons. The minimum absolute atomic E-state index is 0. The third kappa shape index (κ3) is 5.38. The fourth-order valence-corrected chi connectivity index (χ4v) is 2.17. The van der Waals surface area contributed by atoms with Gasteiger partial charge in [0.1, 0.15) is 6.54 Å². The standard InChI is InChI=1S/C11H17F3N4.ClH/c1-9-5-17(3-2-15-9)6-10-4-16-18(7-10)8-11(12,13)14;/h4,7,9,15H,2-3,5-6,8H2,1H3;1H. The Balaban J connectivity index is 0.00000180. The molecule has 110 valence electrons. The minimum atomic E-state index is -4.22. The van der Waals surface area contributed by atoms with Crippen LogP contribution in [-0.2, 0) is 13.1 Å². The average Bonchev–Trinajstić information content (AvgIpc) is 2.62. The highest BCUT2D eigenvalue weighted by Crippen LogP contribution is 2.17. The van der Waals surface area contributed by atoms with Crippen LogP contribution in [0.3, 0.4) is 0 Å². The van der Waals surface area contributed by atoms with Gasteiger partial charge in [-0.25, -0.2) is 0 Å². The molecule has 0 bridgehead atoms. The number of nitrogens with zero attached hydrogens (tertiary/aromatic N) is 3. The van der Waals surface area contributed by atoms with E-state index in [1.807, 2.05) is 0 Å². The number of rotatable bonds is 3. The van der Waals surface area contributed by atoms with Crippen LogP contribution >= 0.6 is 12.4 Å². The predicted octanol–water partition coefficient (Wildman–Crippen LogP) is 1.66. The highest BCUT2D eigenvalue weighted by atomic mass is 35.5. The van der Waals surface area contributed by atoms with Crippen molar-refractivity contribution >= 4 is 12.4 Å². The zero-order valence-corrected chi connectivity index (χ0v) is 11.5. The van der Waals surface area contributed by atoms with Crippen LogP contribution in [0.5, 0.6) is 0 Å². The van der Waals surface area contributed by atoms with Gasteiger partial charge < -0.3 is 5.32 Å². The van der Waals surface area contributed by atoms with Crippen LogP contribution in [0.25, 0.3) is 0 Å². The molecule has 1 aliphatic rings.